The normalized spacial score (nSPS) is 19.9. The first-order valence-electron chi connectivity index (χ1n) is 6.65. The van der Waals surface area contributed by atoms with Gasteiger partial charge in [-0.05, 0) is 31.0 Å². The molecule has 0 spiro atoms. The second kappa shape index (κ2) is 6.78. The zero-order chi connectivity index (χ0) is 13.7. The lowest BCUT2D eigenvalue weighted by molar-refractivity contribution is 0.142. The molecule has 19 heavy (non-hydrogen) atoms. The van der Waals surface area contributed by atoms with Gasteiger partial charge in [-0.25, -0.2) is 4.79 Å². The van der Waals surface area contributed by atoms with Gasteiger partial charge >= 0.3 is 6.03 Å². The number of nitrogens with zero attached hydrogens (tertiary/aromatic N) is 1. The molecular weight excluding hydrogens is 264 g/mol. The fourth-order valence-electron chi connectivity index (χ4n) is 2.40. The number of carbonyl (C=O) groups is 1. The van der Waals surface area contributed by atoms with Gasteiger partial charge in [-0.1, -0.05) is 30.5 Å². The van der Waals surface area contributed by atoms with E-state index in [9.17, 15) is 9.90 Å². The Morgan fingerprint density at radius 2 is 2.26 bits per heavy atom. The average Bonchev–Trinajstić information content (AvgIpc) is 2.63. The van der Waals surface area contributed by atoms with E-state index < -0.39 is 0 Å². The third-order valence-electron chi connectivity index (χ3n) is 3.42. The summed E-state index contributed by atoms with van der Waals surface area (Å²) in [6, 6.07) is 6.83. The van der Waals surface area contributed by atoms with Crippen LogP contribution in [0.15, 0.2) is 24.3 Å². The molecule has 1 fully saturated rings. The Bertz CT molecular complexity index is 439. The Kier molecular flexibility index (Phi) is 5.05. The highest BCUT2D eigenvalue weighted by Gasteiger charge is 2.24. The number of hydrogen-bond acceptors (Lipinski definition) is 2. The quantitative estimate of drug-likeness (QED) is 0.876. The van der Waals surface area contributed by atoms with Crippen LogP contribution in [0.3, 0.4) is 0 Å². The second-order valence-corrected chi connectivity index (χ2v) is 5.26. The summed E-state index contributed by atoms with van der Waals surface area (Å²) in [5, 5.41) is 12.8. The predicted octanol–water partition coefficient (Wildman–Crippen LogP) is 3.11. The number of amides is 2. The Hall–Kier alpha value is -1.26. The van der Waals surface area contributed by atoms with Gasteiger partial charge in [-0.3, -0.25) is 0 Å². The molecule has 1 aliphatic heterocycles. The van der Waals surface area contributed by atoms with E-state index >= 15 is 0 Å². The van der Waals surface area contributed by atoms with Crippen molar-refractivity contribution in [3.05, 3.63) is 29.3 Å². The van der Waals surface area contributed by atoms with E-state index in [1.807, 2.05) is 0 Å². The Morgan fingerprint density at radius 1 is 1.42 bits per heavy atom. The summed E-state index contributed by atoms with van der Waals surface area (Å²) < 4.78 is 0. The molecule has 1 atom stereocenters. The largest absolute Gasteiger partial charge is 0.394 e. The third kappa shape index (κ3) is 3.85. The van der Waals surface area contributed by atoms with E-state index in [1.165, 1.54) is 0 Å². The van der Waals surface area contributed by atoms with Crippen molar-refractivity contribution in [3.8, 4) is 0 Å². The zero-order valence-electron chi connectivity index (χ0n) is 10.8. The highest BCUT2D eigenvalue weighted by molar-refractivity contribution is 6.30. The zero-order valence-corrected chi connectivity index (χ0v) is 11.6. The van der Waals surface area contributed by atoms with Gasteiger partial charge in [-0.15, -0.1) is 0 Å². The third-order valence-corrected chi connectivity index (χ3v) is 3.66. The van der Waals surface area contributed by atoms with Crippen molar-refractivity contribution in [1.29, 1.82) is 0 Å². The van der Waals surface area contributed by atoms with Crippen LogP contribution < -0.4 is 5.32 Å². The number of rotatable bonds is 2. The maximum Gasteiger partial charge on any atom is 0.322 e. The lowest BCUT2D eigenvalue weighted by Crippen LogP contribution is -2.44. The summed E-state index contributed by atoms with van der Waals surface area (Å²) in [5.41, 5.74) is 0.679. The van der Waals surface area contributed by atoms with E-state index in [0.29, 0.717) is 17.3 Å². The molecule has 104 valence electrons. The maximum absolute atomic E-state index is 12.3. The second-order valence-electron chi connectivity index (χ2n) is 4.82. The molecule has 2 rings (SSSR count). The van der Waals surface area contributed by atoms with Crippen LogP contribution >= 0.6 is 11.6 Å². The van der Waals surface area contributed by atoms with Gasteiger partial charge in [0.05, 0.1) is 12.6 Å². The summed E-state index contributed by atoms with van der Waals surface area (Å²) in [7, 11) is 0. The summed E-state index contributed by atoms with van der Waals surface area (Å²) in [6.45, 7) is 0.709. The van der Waals surface area contributed by atoms with Gasteiger partial charge in [-0.2, -0.15) is 0 Å². The molecule has 1 aliphatic rings. The van der Waals surface area contributed by atoms with E-state index in [1.54, 1.807) is 29.2 Å². The van der Waals surface area contributed by atoms with E-state index in [2.05, 4.69) is 5.32 Å². The van der Waals surface area contributed by atoms with Gasteiger partial charge in [0.15, 0.2) is 0 Å². The van der Waals surface area contributed by atoms with Crippen LogP contribution in [-0.2, 0) is 0 Å². The first kappa shape index (κ1) is 14.2. The van der Waals surface area contributed by atoms with Crippen LogP contribution in [-0.4, -0.2) is 35.2 Å². The number of anilines is 1. The summed E-state index contributed by atoms with van der Waals surface area (Å²) in [4.78, 5) is 14.0. The van der Waals surface area contributed by atoms with Gasteiger partial charge in [0.25, 0.3) is 0 Å². The Labute approximate surface area is 118 Å². The minimum Gasteiger partial charge on any atom is -0.394 e. The standard InChI is InChI=1S/C14H19ClN2O2/c15-11-5-4-6-12(9-11)16-14(19)17-8-3-1-2-7-13(17)10-18/h4-6,9,13,18H,1-3,7-8,10H2,(H,16,19). The number of halogens is 1. The smallest absolute Gasteiger partial charge is 0.322 e. The summed E-state index contributed by atoms with van der Waals surface area (Å²) >= 11 is 5.89. The number of urea groups is 1. The van der Waals surface area contributed by atoms with E-state index in [-0.39, 0.29) is 18.7 Å². The van der Waals surface area contributed by atoms with Crippen molar-refractivity contribution >= 4 is 23.3 Å². The maximum atomic E-state index is 12.3. The molecule has 1 aromatic rings. The van der Waals surface area contributed by atoms with E-state index in [0.717, 1.165) is 25.7 Å². The minimum absolute atomic E-state index is 0.0168. The fourth-order valence-corrected chi connectivity index (χ4v) is 2.59. The minimum atomic E-state index is -0.164. The first-order valence-corrected chi connectivity index (χ1v) is 7.02. The van der Waals surface area contributed by atoms with Crippen LogP contribution in [0.25, 0.3) is 0 Å². The molecule has 0 radical (unpaired) electrons. The van der Waals surface area contributed by atoms with Crippen molar-refractivity contribution in [2.45, 2.75) is 31.7 Å². The molecule has 4 nitrogen and oxygen atoms in total. The number of nitrogens with one attached hydrogen (secondary N) is 1. The molecule has 1 aromatic carbocycles. The molecule has 0 saturated carbocycles. The van der Waals surface area contributed by atoms with Crippen LogP contribution in [0, 0.1) is 0 Å². The number of benzene rings is 1. The van der Waals surface area contributed by atoms with Gasteiger partial charge in [0.2, 0.25) is 0 Å². The Morgan fingerprint density at radius 3 is 3.00 bits per heavy atom. The Balaban J connectivity index is 2.04. The van der Waals surface area contributed by atoms with Gasteiger partial charge in [0.1, 0.15) is 0 Å². The number of aliphatic hydroxyl groups excluding tert-OH is 1. The average molecular weight is 283 g/mol. The van der Waals surface area contributed by atoms with Crippen LogP contribution in [0.4, 0.5) is 10.5 Å². The number of likely N-dealkylation sites (tertiary alicyclic amines) is 1. The van der Waals surface area contributed by atoms with Crippen molar-refractivity contribution in [2.75, 3.05) is 18.5 Å². The first-order chi connectivity index (χ1) is 9.20. The van der Waals surface area contributed by atoms with Crippen LogP contribution in [0.5, 0.6) is 0 Å². The molecule has 5 heteroatoms. The molecule has 0 aliphatic carbocycles. The predicted molar refractivity (Wildman–Crippen MR) is 76.5 cm³/mol. The summed E-state index contributed by atoms with van der Waals surface area (Å²) in [6.07, 6.45) is 4.02. The fraction of sp³-hybridized carbons (Fsp3) is 0.500. The topological polar surface area (TPSA) is 52.6 Å². The number of aliphatic hydroxyl groups is 1. The van der Waals surface area contributed by atoms with E-state index in [4.69, 9.17) is 11.6 Å². The molecule has 2 amide bonds. The molecule has 1 unspecified atom stereocenters. The molecule has 1 saturated heterocycles. The highest BCUT2D eigenvalue weighted by atomic mass is 35.5. The lowest BCUT2D eigenvalue weighted by atomic mass is 10.1. The van der Waals surface area contributed by atoms with Gasteiger partial charge < -0.3 is 15.3 Å². The van der Waals surface area contributed by atoms with Crippen molar-refractivity contribution in [3.63, 3.8) is 0 Å². The summed E-state index contributed by atoms with van der Waals surface area (Å²) in [5.74, 6) is 0. The molecule has 2 N–H and O–H groups in total. The number of carbonyl (C=O) groups excluding carboxylic acids is 1. The van der Waals surface area contributed by atoms with Gasteiger partial charge in [0, 0.05) is 17.3 Å². The molecule has 0 bridgehead atoms. The molecule has 0 aromatic heterocycles. The SMILES string of the molecule is O=C(Nc1cccc(Cl)c1)N1CCCCCC1CO. The highest BCUT2D eigenvalue weighted by Crippen LogP contribution is 2.19. The monoisotopic (exact) mass is 282 g/mol. The van der Waals surface area contributed by atoms with Crippen LogP contribution in [0.1, 0.15) is 25.7 Å². The van der Waals surface area contributed by atoms with Crippen molar-refractivity contribution in [2.24, 2.45) is 0 Å². The van der Waals surface area contributed by atoms with Crippen molar-refractivity contribution < 1.29 is 9.90 Å². The van der Waals surface area contributed by atoms with Crippen LogP contribution in [0.2, 0.25) is 5.02 Å². The van der Waals surface area contributed by atoms with Crippen molar-refractivity contribution in [1.82, 2.24) is 4.90 Å². The number of hydrogen-bond donors (Lipinski definition) is 2. The molecule has 1 heterocycles. The lowest BCUT2D eigenvalue weighted by Gasteiger charge is -2.28. The molecular formula is C14H19ClN2O2.